The number of rotatable bonds is 3. The molecule has 0 aliphatic heterocycles. The minimum Gasteiger partial charge on any atom is -0.204 e. The highest BCUT2D eigenvalue weighted by atomic mass is 19.4. The van der Waals surface area contributed by atoms with Crippen molar-refractivity contribution in [3.8, 4) is 0 Å². The van der Waals surface area contributed by atoms with Crippen LogP contribution in [0, 0.1) is 5.92 Å². The molecule has 0 unspecified atom stereocenters. The van der Waals surface area contributed by atoms with Crippen LogP contribution in [0.5, 0.6) is 0 Å². The van der Waals surface area contributed by atoms with Gasteiger partial charge >= 0.3 is 24.7 Å². The van der Waals surface area contributed by atoms with Gasteiger partial charge in [-0.1, -0.05) is 0 Å². The van der Waals surface area contributed by atoms with Crippen LogP contribution in [0.3, 0.4) is 0 Å². The lowest BCUT2D eigenvalue weighted by atomic mass is 10.00. The van der Waals surface area contributed by atoms with E-state index in [4.69, 9.17) is 0 Å². The number of halogens is 10. The van der Waals surface area contributed by atoms with Gasteiger partial charge in [-0.3, -0.25) is 0 Å². The van der Waals surface area contributed by atoms with E-state index in [2.05, 4.69) is 0 Å². The Morgan fingerprint density at radius 2 is 1.00 bits per heavy atom. The fraction of sp³-hybridized carbons (Fsp3) is 1.00. The van der Waals surface area contributed by atoms with E-state index in [-0.39, 0.29) is 0 Å². The molecule has 0 spiro atoms. The fourth-order valence-corrected chi connectivity index (χ4v) is 0.778. The smallest absolute Gasteiger partial charge is 0.204 e. The predicted molar refractivity (Wildman–Crippen MR) is 31.2 cm³/mol. The first kappa shape index (κ1) is 15.3. The second kappa shape index (κ2) is 4.28. The Hall–Kier alpha value is -0.700. The predicted octanol–water partition coefficient (Wildman–Crippen LogP) is 4.02. The maximum atomic E-state index is 12.1. The van der Waals surface area contributed by atoms with Gasteiger partial charge in [0, 0.05) is 6.42 Å². The standard InChI is InChI=1S/C6H4F10/c7-3(8)4(9,10)1-2(5(11,12)13)6(14,15)16/h2-3H,1H2. The summed E-state index contributed by atoms with van der Waals surface area (Å²) in [5, 5.41) is 0. The molecule has 0 aliphatic carbocycles. The van der Waals surface area contributed by atoms with Crippen LogP contribution < -0.4 is 0 Å². The van der Waals surface area contributed by atoms with Crippen LogP contribution in [-0.4, -0.2) is 24.7 Å². The van der Waals surface area contributed by atoms with Gasteiger partial charge < -0.3 is 0 Å². The molecular weight excluding hydrogens is 262 g/mol. The zero-order chi connectivity index (χ0) is 13.4. The third kappa shape index (κ3) is 4.05. The summed E-state index contributed by atoms with van der Waals surface area (Å²) in [5.41, 5.74) is 0. The van der Waals surface area contributed by atoms with E-state index in [1.165, 1.54) is 0 Å². The first-order valence-corrected chi connectivity index (χ1v) is 3.58. The molecule has 0 bridgehead atoms. The molecule has 0 heterocycles. The summed E-state index contributed by atoms with van der Waals surface area (Å²) in [5.74, 6) is -9.81. The topological polar surface area (TPSA) is 0 Å². The quantitative estimate of drug-likeness (QED) is 0.677. The molecular formula is C6H4F10. The zero-order valence-electron chi connectivity index (χ0n) is 7.14. The molecule has 0 aromatic carbocycles. The van der Waals surface area contributed by atoms with Crippen LogP contribution in [0.2, 0.25) is 0 Å². The van der Waals surface area contributed by atoms with Gasteiger partial charge in [-0.15, -0.1) is 0 Å². The van der Waals surface area contributed by atoms with Crippen molar-refractivity contribution in [1.29, 1.82) is 0 Å². The van der Waals surface area contributed by atoms with Crippen LogP contribution in [-0.2, 0) is 0 Å². The fourth-order valence-electron chi connectivity index (χ4n) is 0.778. The second-order valence-corrected chi connectivity index (χ2v) is 2.90. The van der Waals surface area contributed by atoms with Crippen LogP contribution in [0.1, 0.15) is 6.42 Å². The Labute approximate surface area is 82.2 Å². The van der Waals surface area contributed by atoms with E-state index in [9.17, 15) is 43.9 Å². The van der Waals surface area contributed by atoms with E-state index in [1.54, 1.807) is 0 Å². The van der Waals surface area contributed by atoms with E-state index in [0.717, 1.165) is 0 Å². The molecule has 0 aliphatic rings. The molecule has 98 valence electrons. The monoisotopic (exact) mass is 266 g/mol. The summed E-state index contributed by atoms with van der Waals surface area (Å²) >= 11 is 0. The van der Waals surface area contributed by atoms with Gasteiger partial charge in [0.25, 0.3) is 0 Å². The van der Waals surface area contributed by atoms with E-state index in [1.807, 2.05) is 0 Å². The number of alkyl halides is 10. The third-order valence-electron chi connectivity index (χ3n) is 1.59. The summed E-state index contributed by atoms with van der Waals surface area (Å²) in [4.78, 5) is 0. The average molecular weight is 266 g/mol. The van der Waals surface area contributed by atoms with Gasteiger partial charge in [0.15, 0.2) is 5.92 Å². The molecule has 0 nitrogen and oxygen atoms in total. The number of hydrogen-bond donors (Lipinski definition) is 0. The highest BCUT2D eigenvalue weighted by Crippen LogP contribution is 2.46. The molecule has 0 N–H and O–H groups in total. The van der Waals surface area contributed by atoms with E-state index < -0.39 is 37.0 Å². The first-order valence-electron chi connectivity index (χ1n) is 3.58. The molecule has 0 radical (unpaired) electrons. The Morgan fingerprint density at radius 3 is 1.19 bits per heavy atom. The van der Waals surface area contributed by atoms with Crippen molar-refractivity contribution in [2.75, 3.05) is 0 Å². The molecule has 0 amide bonds. The van der Waals surface area contributed by atoms with Gasteiger partial charge in [-0.2, -0.15) is 26.3 Å². The zero-order valence-corrected chi connectivity index (χ0v) is 7.14. The highest BCUT2D eigenvalue weighted by Gasteiger charge is 2.61. The lowest BCUT2D eigenvalue weighted by Gasteiger charge is -2.26. The van der Waals surface area contributed by atoms with Crippen molar-refractivity contribution in [2.45, 2.75) is 31.1 Å². The Balaban J connectivity index is 4.98. The van der Waals surface area contributed by atoms with Gasteiger partial charge in [-0.05, 0) is 0 Å². The second-order valence-electron chi connectivity index (χ2n) is 2.90. The van der Waals surface area contributed by atoms with Crippen molar-refractivity contribution in [3.05, 3.63) is 0 Å². The Morgan fingerprint density at radius 1 is 0.688 bits per heavy atom. The van der Waals surface area contributed by atoms with Crippen molar-refractivity contribution in [2.24, 2.45) is 5.92 Å². The molecule has 0 saturated heterocycles. The Bertz CT molecular complexity index is 208. The molecule has 0 saturated carbocycles. The molecule has 0 atom stereocenters. The van der Waals surface area contributed by atoms with Gasteiger partial charge in [0.2, 0.25) is 0 Å². The largest absolute Gasteiger partial charge is 0.400 e. The number of hydrogen-bond acceptors (Lipinski definition) is 0. The normalized spacial score (nSPS) is 15.0. The lowest BCUT2D eigenvalue weighted by molar-refractivity contribution is -0.303. The third-order valence-corrected chi connectivity index (χ3v) is 1.59. The van der Waals surface area contributed by atoms with Crippen molar-refractivity contribution in [3.63, 3.8) is 0 Å². The van der Waals surface area contributed by atoms with Crippen molar-refractivity contribution >= 4 is 0 Å². The highest BCUT2D eigenvalue weighted by molar-refractivity contribution is 4.83. The van der Waals surface area contributed by atoms with Crippen LogP contribution in [0.15, 0.2) is 0 Å². The van der Waals surface area contributed by atoms with Crippen LogP contribution >= 0.6 is 0 Å². The van der Waals surface area contributed by atoms with Gasteiger partial charge in [-0.25, -0.2) is 17.6 Å². The van der Waals surface area contributed by atoms with E-state index in [0.29, 0.717) is 0 Å². The van der Waals surface area contributed by atoms with E-state index >= 15 is 0 Å². The summed E-state index contributed by atoms with van der Waals surface area (Å²) in [6.07, 6.45) is -19.7. The minimum atomic E-state index is -6.05. The summed E-state index contributed by atoms with van der Waals surface area (Å²) in [6, 6.07) is 0. The molecule has 0 aromatic heterocycles. The van der Waals surface area contributed by atoms with Crippen LogP contribution in [0.4, 0.5) is 43.9 Å². The first-order chi connectivity index (χ1) is 6.78. The lowest BCUT2D eigenvalue weighted by Crippen LogP contribution is -2.42. The summed E-state index contributed by atoms with van der Waals surface area (Å²) in [6.45, 7) is 0. The average Bonchev–Trinajstić information content (AvgIpc) is 1.95. The van der Waals surface area contributed by atoms with Gasteiger partial charge in [0.05, 0.1) is 0 Å². The molecule has 0 aromatic rings. The molecule has 0 rings (SSSR count). The Kier molecular flexibility index (Phi) is 4.10. The molecule has 16 heavy (non-hydrogen) atoms. The van der Waals surface area contributed by atoms with Crippen molar-refractivity contribution < 1.29 is 43.9 Å². The van der Waals surface area contributed by atoms with Crippen LogP contribution in [0.25, 0.3) is 0 Å². The molecule has 0 fully saturated rings. The molecule has 10 heteroatoms. The van der Waals surface area contributed by atoms with Crippen molar-refractivity contribution in [1.82, 2.24) is 0 Å². The SMILES string of the molecule is FC(F)C(F)(F)CC(C(F)(F)F)C(F)(F)F. The minimum absolute atomic E-state index is 3.02. The maximum absolute atomic E-state index is 12.1. The summed E-state index contributed by atoms with van der Waals surface area (Å²) in [7, 11) is 0. The maximum Gasteiger partial charge on any atom is 0.400 e. The summed E-state index contributed by atoms with van der Waals surface area (Å²) < 4.78 is 117. The van der Waals surface area contributed by atoms with Gasteiger partial charge in [0.1, 0.15) is 0 Å².